The van der Waals surface area contributed by atoms with Crippen molar-refractivity contribution in [2.24, 2.45) is 0 Å². The van der Waals surface area contributed by atoms with Crippen LogP contribution < -0.4 is 5.73 Å². The molecule has 7 heteroatoms. The second-order valence-corrected chi connectivity index (χ2v) is 7.38. The van der Waals surface area contributed by atoms with Crippen molar-refractivity contribution in [3.8, 4) is 6.07 Å². The lowest BCUT2D eigenvalue weighted by atomic mass is 10.1. The van der Waals surface area contributed by atoms with Crippen LogP contribution in [0.5, 0.6) is 0 Å². The van der Waals surface area contributed by atoms with Crippen LogP contribution >= 0.6 is 39.1 Å². The average Bonchev–Trinajstić information content (AvgIpc) is 2.93. The van der Waals surface area contributed by atoms with Gasteiger partial charge in [0.25, 0.3) is 0 Å². The highest BCUT2D eigenvalue weighted by molar-refractivity contribution is 9.10. The average molecular weight is 449 g/mol. The van der Waals surface area contributed by atoms with E-state index in [4.69, 9.17) is 28.9 Å². The van der Waals surface area contributed by atoms with E-state index in [1.54, 1.807) is 53.2 Å². The molecule has 0 saturated heterocycles. The summed E-state index contributed by atoms with van der Waals surface area (Å²) >= 11 is 15.5. The molecule has 0 fully saturated rings. The predicted molar refractivity (Wildman–Crippen MR) is 107 cm³/mol. The van der Waals surface area contributed by atoms with Gasteiger partial charge in [-0.1, -0.05) is 45.2 Å². The van der Waals surface area contributed by atoms with Crippen LogP contribution in [0, 0.1) is 11.3 Å². The molecule has 0 bridgehead atoms. The van der Waals surface area contributed by atoms with Crippen molar-refractivity contribution in [3.63, 3.8) is 0 Å². The maximum absolute atomic E-state index is 13.0. The Morgan fingerprint density at radius 2 is 1.88 bits per heavy atom. The topological polar surface area (TPSA) is 71.8 Å². The van der Waals surface area contributed by atoms with Gasteiger partial charge < -0.3 is 10.3 Å². The van der Waals surface area contributed by atoms with Gasteiger partial charge in [0.15, 0.2) is 0 Å². The molecule has 0 saturated carbocycles. The van der Waals surface area contributed by atoms with Crippen LogP contribution in [-0.4, -0.2) is 10.4 Å². The Morgan fingerprint density at radius 3 is 2.50 bits per heavy atom. The second kappa shape index (κ2) is 7.55. The Bertz CT molecular complexity index is 1040. The van der Waals surface area contributed by atoms with Gasteiger partial charge in [-0.05, 0) is 42.0 Å². The number of anilines is 1. The Hall–Kier alpha value is -2.26. The third kappa shape index (κ3) is 3.63. The van der Waals surface area contributed by atoms with Crippen LogP contribution in [0.15, 0.2) is 53.1 Å². The first-order valence-corrected chi connectivity index (χ1v) is 9.08. The number of halogens is 3. The number of carbonyl (C=O) groups is 1. The number of carbonyl (C=O) groups excluding carboxylic acids is 1. The van der Waals surface area contributed by atoms with Crippen molar-refractivity contribution in [3.05, 3.63) is 85.6 Å². The summed E-state index contributed by atoms with van der Waals surface area (Å²) in [6, 6.07) is 14.1. The van der Waals surface area contributed by atoms with E-state index in [0.29, 0.717) is 22.2 Å². The van der Waals surface area contributed by atoms with E-state index in [0.717, 1.165) is 10.0 Å². The monoisotopic (exact) mass is 447 g/mol. The molecule has 0 spiro atoms. The van der Waals surface area contributed by atoms with Crippen molar-refractivity contribution in [2.75, 3.05) is 5.73 Å². The summed E-state index contributed by atoms with van der Waals surface area (Å²) in [5.74, 6) is -0.262. The molecule has 26 heavy (non-hydrogen) atoms. The van der Waals surface area contributed by atoms with Crippen LogP contribution in [-0.2, 0) is 6.54 Å². The van der Waals surface area contributed by atoms with Gasteiger partial charge in [0, 0.05) is 32.8 Å². The number of hydrogen-bond donors (Lipinski definition) is 1. The molecule has 4 nitrogen and oxygen atoms in total. The quantitative estimate of drug-likeness (QED) is 0.551. The fourth-order valence-corrected chi connectivity index (χ4v) is 3.34. The number of hydrogen-bond acceptors (Lipinski definition) is 3. The van der Waals surface area contributed by atoms with Crippen LogP contribution in [0.2, 0.25) is 10.0 Å². The third-order valence-electron chi connectivity index (χ3n) is 3.92. The fraction of sp³-hybridized carbons (Fsp3) is 0.0526. The van der Waals surface area contributed by atoms with Crippen LogP contribution in [0.1, 0.15) is 27.2 Å². The summed E-state index contributed by atoms with van der Waals surface area (Å²) < 4.78 is 2.51. The molecule has 2 N–H and O–H groups in total. The number of nitriles is 1. The van der Waals surface area contributed by atoms with E-state index < -0.39 is 0 Å². The zero-order chi connectivity index (χ0) is 18.8. The molecule has 0 radical (unpaired) electrons. The molecule has 2 aromatic carbocycles. The SMILES string of the molecule is N#Cc1cn(Cc2ccc(Cl)cc2Cl)c(C(=O)c2ccc(Br)cc2)c1N. The lowest BCUT2D eigenvalue weighted by Crippen LogP contribution is -2.13. The van der Waals surface area contributed by atoms with Gasteiger partial charge in [-0.2, -0.15) is 5.26 Å². The number of nitrogens with zero attached hydrogens (tertiary/aromatic N) is 2. The lowest BCUT2D eigenvalue weighted by Gasteiger charge is -2.11. The minimum atomic E-state index is -0.262. The van der Waals surface area contributed by atoms with Gasteiger partial charge in [-0.3, -0.25) is 4.79 Å². The number of rotatable bonds is 4. The maximum atomic E-state index is 13.0. The van der Waals surface area contributed by atoms with Crippen molar-refractivity contribution in [1.29, 1.82) is 5.26 Å². The molecular weight excluding hydrogens is 437 g/mol. The fourth-order valence-electron chi connectivity index (χ4n) is 2.61. The van der Waals surface area contributed by atoms with Crippen molar-refractivity contribution in [2.45, 2.75) is 6.54 Å². The second-order valence-electron chi connectivity index (χ2n) is 5.62. The molecule has 130 valence electrons. The van der Waals surface area contributed by atoms with Crippen molar-refractivity contribution >= 4 is 50.6 Å². The third-order valence-corrected chi connectivity index (χ3v) is 5.03. The molecule has 1 aromatic heterocycles. The van der Waals surface area contributed by atoms with Gasteiger partial charge in [0.1, 0.15) is 11.8 Å². The summed E-state index contributed by atoms with van der Waals surface area (Å²) in [7, 11) is 0. The minimum absolute atomic E-state index is 0.158. The Kier molecular flexibility index (Phi) is 5.38. The van der Waals surface area contributed by atoms with Gasteiger partial charge in [-0.25, -0.2) is 0 Å². The number of nitrogen functional groups attached to an aromatic ring is 1. The Labute approximate surface area is 168 Å². The van der Waals surface area contributed by atoms with Crippen LogP contribution in [0.3, 0.4) is 0 Å². The summed E-state index contributed by atoms with van der Waals surface area (Å²) in [4.78, 5) is 13.0. The van der Waals surface area contributed by atoms with Gasteiger partial charge in [-0.15, -0.1) is 0 Å². The molecule has 0 aliphatic carbocycles. The molecule has 0 aliphatic heterocycles. The van der Waals surface area contributed by atoms with Crippen molar-refractivity contribution < 1.29 is 4.79 Å². The van der Waals surface area contributed by atoms with E-state index in [2.05, 4.69) is 15.9 Å². The predicted octanol–water partition coefficient (Wildman–Crippen LogP) is 5.29. The first-order chi connectivity index (χ1) is 12.4. The number of nitrogens with two attached hydrogens (primary N) is 1. The van der Waals surface area contributed by atoms with Crippen LogP contribution in [0.4, 0.5) is 5.69 Å². The molecule has 0 unspecified atom stereocenters. The Morgan fingerprint density at radius 1 is 1.19 bits per heavy atom. The largest absolute Gasteiger partial charge is 0.396 e. The smallest absolute Gasteiger partial charge is 0.211 e. The van der Waals surface area contributed by atoms with E-state index in [1.807, 2.05) is 6.07 Å². The number of ketones is 1. The molecule has 0 atom stereocenters. The first kappa shape index (κ1) is 18.5. The number of aromatic nitrogens is 1. The highest BCUT2D eigenvalue weighted by atomic mass is 79.9. The highest BCUT2D eigenvalue weighted by Gasteiger charge is 2.22. The summed E-state index contributed by atoms with van der Waals surface area (Å²) in [6.45, 7) is 0.291. The molecule has 0 aliphatic rings. The van der Waals surface area contributed by atoms with Gasteiger partial charge in [0.2, 0.25) is 5.78 Å². The molecule has 3 rings (SSSR count). The van der Waals surface area contributed by atoms with E-state index in [1.165, 1.54) is 0 Å². The Balaban J connectivity index is 2.07. The molecule has 3 aromatic rings. The summed E-state index contributed by atoms with van der Waals surface area (Å²) in [5.41, 5.74) is 7.98. The maximum Gasteiger partial charge on any atom is 0.211 e. The highest BCUT2D eigenvalue weighted by Crippen LogP contribution is 2.27. The van der Waals surface area contributed by atoms with E-state index in [9.17, 15) is 10.1 Å². The van der Waals surface area contributed by atoms with Gasteiger partial charge >= 0.3 is 0 Å². The van der Waals surface area contributed by atoms with E-state index >= 15 is 0 Å². The molecular formula is C19H12BrCl2N3O. The zero-order valence-corrected chi connectivity index (χ0v) is 16.4. The van der Waals surface area contributed by atoms with E-state index in [-0.39, 0.29) is 22.7 Å². The lowest BCUT2D eigenvalue weighted by molar-refractivity contribution is 0.103. The zero-order valence-electron chi connectivity index (χ0n) is 13.3. The molecule has 0 amide bonds. The summed E-state index contributed by atoms with van der Waals surface area (Å²) in [5, 5.41) is 10.3. The normalized spacial score (nSPS) is 10.5. The minimum Gasteiger partial charge on any atom is -0.396 e. The first-order valence-electron chi connectivity index (χ1n) is 7.53. The molecule has 1 heterocycles. The summed E-state index contributed by atoms with van der Waals surface area (Å²) in [6.07, 6.45) is 1.56. The van der Waals surface area contributed by atoms with Gasteiger partial charge in [0.05, 0.1) is 11.3 Å². The van der Waals surface area contributed by atoms with Crippen LogP contribution in [0.25, 0.3) is 0 Å². The van der Waals surface area contributed by atoms with Crippen molar-refractivity contribution in [1.82, 2.24) is 4.57 Å². The number of benzene rings is 2. The standard InChI is InChI=1S/C19H12BrCl2N3O/c20-14-4-1-11(2-5-14)19(26)18-17(24)13(8-23)10-25(18)9-12-3-6-15(21)7-16(12)22/h1-7,10H,9,24H2.